The van der Waals surface area contributed by atoms with Gasteiger partial charge >= 0.3 is 0 Å². The summed E-state index contributed by atoms with van der Waals surface area (Å²) in [6.07, 6.45) is 9.54. The van der Waals surface area contributed by atoms with E-state index in [1.54, 1.807) is 0 Å². The summed E-state index contributed by atoms with van der Waals surface area (Å²) >= 11 is 0. The Labute approximate surface area is 148 Å². The summed E-state index contributed by atoms with van der Waals surface area (Å²) < 4.78 is 7.99. The summed E-state index contributed by atoms with van der Waals surface area (Å²) in [6.45, 7) is 5.35. The molecule has 0 aromatic carbocycles. The monoisotopic (exact) mass is 338 g/mol. The number of nitrogens with one attached hydrogen (secondary N) is 1. The van der Waals surface area contributed by atoms with Gasteiger partial charge in [0.25, 0.3) is 0 Å². The van der Waals surface area contributed by atoms with Crippen LogP contribution in [-0.4, -0.2) is 33.5 Å². The third kappa shape index (κ3) is 2.15. The van der Waals surface area contributed by atoms with Gasteiger partial charge < -0.3 is 10.1 Å². The highest BCUT2D eigenvalue weighted by atomic mass is 16.5. The lowest BCUT2D eigenvalue weighted by atomic mass is 9.46. The normalized spacial score (nSPS) is 30.6. The summed E-state index contributed by atoms with van der Waals surface area (Å²) in [6, 6.07) is 6.82. The lowest BCUT2D eigenvalue weighted by Gasteiger charge is -2.64. The molecule has 0 bridgehead atoms. The SMILES string of the molecule is Cc1c([C@H](C)N[C@@H]2[C@@H]3CCO[C@H]3C23CCC3)cnn1-c1ccccn1. The van der Waals surface area contributed by atoms with E-state index in [4.69, 9.17) is 4.74 Å². The minimum atomic E-state index is 0.293. The van der Waals surface area contributed by atoms with E-state index in [9.17, 15) is 0 Å². The Hall–Kier alpha value is -1.72. The van der Waals surface area contributed by atoms with Gasteiger partial charge in [0.15, 0.2) is 5.82 Å². The standard InChI is InChI=1S/C20H26N4O/c1-13(16-12-22-24(14(16)2)17-6-3-4-10-21-17)23-18-15-7-11-25-19(15)20(18)8-5-9-20/h3-4,6,10,12-13,15,18-19,23H,5,7-9,11H2,1-2H3/t13-,15-,18+,19+/m0/s1. The molecule has 0 amide bonds. The van der Waals surface area contributed by atoms with Crippen LogP contribution in [0.2, 0.25) is 0 Å². The van der Waals surface area contributed by atoms with Gasteiger partial charge in [-0.2, -0.15) is 5.10 Å². The van der Waals surface area contributed by atoms with Crippen molar-refractivity contribution in [1.29, 1.82) is 0 Å². The lowest BCUT2D eigenvalue weighted by molar-refractivity contribution is -0.178. The van der Waals surface area contributed by atoms with Crippen molar-refractivity contribution in [3.63, 3.8) is 0 Å². The van der Waals surface area contributed by atoms with Crippen molar-refractivity contribution in [1.82, 2.24) is 20.1 Å². The Balaban J connectivity index is 1.37. The van der Waals surface area contributed by atoms with E-state index < -0.39 is 0 Å². The van der Waals surface area contributed by atoms with Crippen molar-refractivity contribution < 1.29 is 4.74 Å². The van der Waals surface area contributed by atoms with Crippen molar-refractivity contribution in [3.05, 3.63) is 41.9 Å². The van der Waals surface area contributed by atoms with Crippen molar-refractivity contribution in [2.75, 3.05) is 6.61 Å². The molecule has 1 aliphatic heterocycles. The smallest absolute Gasteiger partial charge is 0.153 e. The van der Waals surface area contributed by atoms with Crippen LogP contribution in [0.4, 0.5) is 0 Å². The van der Waals surface area contributed by atoms with Crippen LogP contribution in [0.5, 0.6) is 0 Å². The topological polar surface area (TPSA) is 52.0 Å². The van der Waals surface area contributed by atoms with Crippen LogP contribution in [0.25, 0.3) is 5.82 Å². The lowest BCUT2D eigenvalue weighted by Crippen LogP contribution is -2.71. The molecule has 3 fully saturated rings. The van der Waals surface area contributed by atoms with E-state index in [1.165, 1.54) is 36.9 Å². The van der Waals surface area contributed by atoms with E-state index in [1.807, 2.05) is 35.3 Å². The van der Waals surface area contributed by atoms with E-state index in [0.29, 0.717) is 29.5 Å². The summed E-state index contributed by atoms with van der Waals surface area (Å²) in [7, 11) is 0. The first-order valence-electron chi connectivity index (χ1n) is 9.54. The number of pyridine rings is 1. The number of fused-ring (bicyclic) bond motifs is 2. The number of hydrogen-bond acceptors (Lipinski definition) is 4. The maximum Gasteiger partial charge on any atom is 0.153 e. The number of nitrogens with zero attached hydrogens (tertiary/aromatic N) is 3. The molecular formula is C20H26N4O. The van der Waals surface area contributed by atoms with Crippen molar-refractivity contribution >= 4 is 0 Å². The number of ether oxygens (including phenoxy) is 1. The Morgan fingerprint density at radius 1 is 1.36 bits per heavy atom. The minimum absolute atomic E-state index is 0.293. The van der Waals surface area contributed by atoms with Crippen molar-refractivity contribution in [2.24, 2.45) is 11.3 Å². The molecule has 3 heterocycles. The molecule has 5 nitrogen and oxygen atoms in total. The zero-order valence-corrected chi connectivity index (χ0v) is 15.0. The van der Waals surface area contributed by atoms with Gasteiger partial charge in [0.2, 0.25) is 0 Å². The average Bonchev–Trinajstić information content (AvgIpc) is 3.17. The largest absolute Gasteiger partial charge is 0.377 e. The van der Waals surface area contributed by atoms with E-state index in [0.717, 1.165) is 12.4 Å². The number of rotatable bonds is 4. The van der Waals surface area contributed by atoms with E-state index in [2.05, 4.69) is 29.2 Å². The number of aromatic nitrogens is 3. The Morgan fingerprint density at radius 3 is 2.96 bits per heavy atom. The molecule has 1 N–H and O–H groups in total. The second-order valence-electron chi connectivity index (χ2n) is 7.98. The van der Waals surface area contributed by atoms with Crippen LogP contribution in [0.15, 0.2) is 30.6 Å². The third-order valence-corrected chi connectivity index (χ3v) is 6.85. The Bertz CT molecular complexity index is 767. The predicted molar refractivity (Wildman–Crippen MR) is 95.6 cm³/mol. The van der Waals surface area contributed by atoms with Gasteiger partial charge in [-0.05, 0) is 45.2 Å². The van der Waals surface area contributed by atoms with Gasteiger partial charge in [0, 0.05) is 47.5 Å². The molecule has 5 heteroatoms. The second-order valence-corrected chi connectivity index (χ2v) is 7.98. The van der Waals surface area contributed by atoms with Gasteiger partial charge in [-0.25, -0.2) is 9.67 Å². The van der Waals surface area contributed by atoms with Gasteiger partial charge in [0.05, 0.1) is 12.3 Å². The summed E-state index contributed by atoms with van der Waals surface area (Å²) in [5, 5.41) is 8.53. The molecule has 2 aliphatic carbocycles. The molecule has 5 rings (SSSR count). The Morgan fingerprint density at radius 2 is 2.24 bits per heavy atom. The molecule has 2 saturated carbocycles. The van der Waals surface area contributed by atoms with Crippen LogP contribution in [0, 0.1) is 18.3 Å². The zero-order valence-electron chi connectivity index (χ0n) is 15.0. The minimum Gasteiger partial charge on any atom is -0.377 e. The molecule has 1 spiro atoms. The first kappa shape index (κ1) is 15.5. The second kappa shape index (κ2) is 5.64. The fraction of sp³-hybridized carbons (Fsp3) is 0.600. The highest BCUT2D eigenvalue weighted by Crippen LogP contribution is 2.63. The first-order chi connectivity index (χ1) is 12.2. The number of hydrogen-bond donors (Lipinski definition) is 1. The van der Waals surface area contributed by atoms with E-state index >= 15 is 0 Å². The predicted octanol–water partition coefficient (Wildman–Crippen LogP) is 3.18. The molecule has 4 atom stereocenters. The van der Waals surface area contributed by atoms with Crippen molar-refractivity contribution in [3.8, 4) is 5.82 Å². The highest BCUT2D eigenvalue weighted by Gasteiger charge is 2.66. The van der Waals surface area contributed by atoms with Gasteiger partial charge in [0.1, 0.15) is 0 Å². The van der Waals surface area contributed by atoms with Gasteiger partial charge in [-0.1, -0.05) is 12.5 Å². The molecular weight excluding hydrogens is 312 g/mol. The van der Waals surface area contributed by atoms with Crippen LogP contribution in [0.3, 0.4) is 0 Å². The maximum atomic E-state index is 6.05. The van der Waals surface area contributed by atoms with Crippen LogP contribution >= 0.6 is 0 Å². The maximum absolute atomic E-state index is 6.05. The zero-order chi connectivity index (χ0) is 17.0. The fourth-order valence-corrected chi connectivity index (χ4v) is 5.41. The van der Waals surface area contributed by atoms with Gasteiger partial charge in [-0.3, -0.25) is 0 Å². The molecule has 25 heavy (non-hydrogen) atoms. The summed E-state index contributed by atoms with van der Waals surface area (Å²) in [5.74, 6) is 1.58. The fourth-order valence-electron chi connectivity index (χ4n) is 5.41. The highest BCUT2D eigenvalue weighted by molar-refractivity contribution is 5.30. The molecule has 0 radical (unpaired) electrons. The summed E-state index contributed by atoms with van der Waals surface area (Å²) in [4.78, 5) is 4.42. The van der Waals surface area contributed by atoms with Crippen molar-refractivity contribution in [2.45, 2.75) is 57.7 Å². The average molecular weight is 338 g/mol. The van der Waals surface area contributed by atoms with Crippen LogP contribution < -0.4 is 5.32 Å². The van der Waals surface area contributed by atoms with E-state index in [-0.39, 0.29) is 0 Å². The molecule has 132 valence electrons. The Kier molecular flexibility index (Phi) is 3.51. The molecule has 2 aromatic heterocycles. The van der Waals surface area contributed by atoms with Crippen LogP contribution in [0.1, 0.15) is 49.9 Å². The first-order valence-corrected chi connectivity index (χ1v) is 9.54. The third-order valence-electron chi connectivity index (χ3n) is 6.85. The molecule has 0 unspecified atom stereocenters. The molecule has 3 aliphatic rings. The molecule has 2 aromatic rings. The summed E-state index contributed by atoms with van der Waals surface area (Å²) in [5.41, 5.74) is 2.85. The van der Waals surface area contributed by atoms with Crippen LogP contribution in [-0.2, 0) is 4.74 Å². The van der Waals surface area contributed by atoms with Gasteiger partial charge in [-0.15, -0.1) is 0 Å². The quantitative estimate of drug-likeness (QED) is 0.930. The molecule has 1 saturated heterocycles.